The third kappa shape index (κ3) is 9.14. The first-order valence-electron chi connectivity index (χ1n) is 15.3. The van der Waals surface area contributed by atoms with E-state index in [0.717, 1.165) is 75.5 Å². The van der Waals surface area contributed by atoms with Gasteiger partial charge in [0.25, 0.3) is 5.91 Å². The van der Waals surface area contributed by atoms with E-state index in [-0.39, 0.29) is 23.9 Å². The normalized spacial score (nSPS) is 17.5. The highest BCUT2D eigenvalue weighted by Gasteiger charge is 2.23. The molecule has 3 N–H and O–H groups in total. The van der Waals surface area contributed by atoms with Gasteiger partial charge in [0, 0.05) is 57.1 Å². The quantitative estimate of drug-likeness (QED) is 0.290. The number of ether oxygens (including phenoxy) is 2. The first kappa shape index (κ1) is 31.2. The molecule has 0 aromatic heterocycles. The van der Waals surface area contributed by atoms with Gasteiger partial charge in [-0.3, -0.25) is 19.6 Å². The number of nitrogens with one attached hydrogen (secondary N) is 1. The van der Waals surface area contributed by atoms with Crippen molar-refractivity contribution in [2.75, 3.05) is 39.8 Å². The van der Waals surface area contributed by atoms with Gasteiger partial charge in [-0.15, -0.1) is 0 Å². The lowest BCUT2D eigenvalue weighted by Crippen LogP contribution is -2.44. The molecule has 3 aromatic rings. The van der Waals surface area contributed by atoms with Gasteiger partial charge in [0.15, 0.2) is 0 Å². The largest absolute Gasteiger partial charge is 0.497 e. The van der Waals surface area contributed by atoms with Crippen LogP contribution in [0.4, 0.5) is 10.1 Å². The summed E-state index contributed by atoms with van der Waals surface area (Å²) in [6.45, 7) is 5.21. The van der Waals surface area contributed by atoms with Gasteiger partial charge in [-0.2, -0.15) is 0 Å². The van der Waals surface area contributed by atoms with E-state index in [2.05, 4.69) is 32.2 Å². The second-order valence-corrected chi connectivity index (χ2v) is 11.5. The predicted octanol–water partition coefficient (Wildman–Crippen LogP) is 5.32. The number of nitrogens with zero attached hydrogens (tertiary/aromatic N) is 3. The Labute approximate surface area is 259 Å². The zero-order chi connectivity index (χ0) is 30.7. The standard InChI is InChI=1S/C35H42FN5O3/c1-43-32-11-5-26(6-12-32)24-40-17-13-31(14-18-40)39-35(42)28-3-2-4-34(21-28)44-33-15-19-41(20-16-33)25-27(22-37)23-38-30-9-7-29(36)8-10-30/h2-12,21-23,31,33H,13-20,24-25,37H2,1H3,(H,39,42)/b27-22+,38-23?. The maximum absolute atomic E-state index is 13.1. The van der Waals surface area contributed by atoms with Gasteiger partial charge >= 0.3 is 0 Å². The number of aliphatic imine (C=N–C) groups is 1. The molecule has 0 spiro atoms. The molecule has 8 nitrogen and oxygen atoms in total. The van der Waals surface area contributed by atoms with Crippen molar-refractivity contribution in [1.82, 2.24) is 15.1 Å². The van der Waals surface area contributed by atoms with Crippen LogP contribution in [0.1, 0.15) is 41.6 Å². The average Bonchev–Trinajstić information content (AvgIpc) is 3.06. The fourth-order valence-corrected chi connectivity index (χ4v) is 5.66. The lowest BCUT2D eigenvalue weighted by Gasteiger charge is -2.32. The molecule has 9 heteroatoms. The monoisotopic (exact) mass is 599 g/mol. The molecule has 0 aliphatic carbocycles. The Hall–Kier alpha value is -4.21. The summed E-state index contributed by atoms with van der Waals surface area (Å²) < 4.78 is 24.7. The summed E-state index contributed by atoms with van der Waals surface area (Å²) in [6.07, 6.45) is 6.98. The summed E-state index contributed by atoms with van der Waals surface area (Å²) in [4.78, 5) is 22.2. The maximum atomic E-state index is 13.1. The first-order valence-corrected chi connectivity index (χ1v) is 15.3. The Morgan fingerprint density at radius 1 is 0.955 bits per heavy atom. The number of piperidine rings is 2. The van der Waals surface area contributed by atoms with E-state index in [0.29, 0.717) is 17.8 Å². The minimum atomic E-state index is -0.285. The molecule has 2 fully saturated rings. The summed E-state index contributed by atoms with van der Waals surface area (Å²) in [7, 11) is 1.68. The van der Waals surface area contributed by atoms with Crippen LogP contribution in [-0.2, 0) is 6.54 Å². The maximum Gasteiger partial charge on any atom is 0.251 e. The predicted molar refractivity (Wildman–Crippen MR) is 172 cm³/mol. The highest BCUT2D eigenvalue weighted by molar-refractivity contribution is 5.94. The van der Waals surface area contributed by atoms with E-state index in [9.17, 15) is 9.18 Å². The molecule has 44 heavy (non-hydrogen) atoms. The summed E-state index contributed by atoms with van der Waals surface area (Å²) in [6, 6.07) is 21.9. The van der Waals surface area contributed by atoms with Crippen LogP contribution in [-0.4, -0.2) is 73.9 Å². The number of halogens is 1. The van der Waals surface area contributed by atoms with Gasteiger partial charge < -0.3 is 20.5 Å². The minimum Gasteiger partial charge on any atom is -0.497 e. The number of carbonyl (C=O) groups excluding carboxylic acids is 1. The lowest BCUT2D eigenvalue weighted by molar-refractivity contribution is 0.0905. The lowest BCUT2D eigenvalue weighted by atomic mass is 10.0. The molecule has 0 unspecified atom stereocenters. The molecule has 2 aliphatic rings. The van der Waals surface area contributed by atoms with Crippen LogP contribution in [0.5, 0.6) is 11.5 Å². The van der Waals surface area contributed by atoms with E-state index in [1.54, 1.807) is 31.7 Å². The van der Waals surface area contributed by atoms with E-state index < -0.39 is 0 Å². The minimum absolute atomic E-state index is 0.0534. The van der Waals surface area contributed by atoms with Crippen molar-refractivity contribution in [1.29, 1.82) is 0 Å². The number of carbonyl (C=O) groups is 1. The van der Waals surface area contributed by atoms with Crippen LogP contribution < -0.4 is 20.5 Å². The number of benzene rings is 3. The molecule has 5 rings (SSSR count). The van der Waals surface area contributed by atoms with Crippen molar-refractivity contribution in [2.45, 2.75) is 44.4 Å². The number of hydrogen-bond donors (Lipinski definition) is 2. The Balaban J connectivity index is 1.04. The number of methoxy groups -OCH3 is 1. The topological polar surface area (TPSA) is 92.4 Å². The van der Waals surface area contributed by atoms with Crippen molar-refractivity contribution < 1.29 is 18.7 Å². The molecule has 232 valence electrons. The molecule has 0 atom stereocenters. The van der Waals surface area contributed by atoms with E-state index in [1.165, 1.54) is 17.7 Å². The molecule has 0 bridgehead atoms. The first-order chi connectivity index (χ1) is 21.5. The fraction of sp³-hybridized carbons (Fsp3) is 0.371. The van der Waals surface area contributed by atoms with Gasteiger partial charge in [-0.05, 0) is 97.6 Å². The molecule has 2 saturated heterocycles. The van der Waals surface area contributed by atoms with Crippen molar-refractivity contribution in [2.24, 2.45) is 10.7 Å². The summed E-state index contributed by atoms with van der Waals surface area (Å²) >= 11 is 0. The Kier molecular flexibility index (Phi) is 11.0. The van der Waals surface area contributed by atoms with Crippen molar-refractivity contribution in [3.05, 3.63) is 102 Å². The molecular weight excluding hydrogens is 557 g/mol. The zero-order valence-corrected chi connectivity index (χ0v) is 25.3. The number of hydrogen-bond acceptors (Lipinski definition) is 7. The number of likely N-dealkylation sites (tertiary alicyclic amines) is 2. The van der Waals surface area contributed by atoms with Crippen molar-refractivity contribution in [3.8, 4) is 11.5 Å². The number of amides is 1. The van der Waals surface area contributed by atoms with Crippen LogP contribution in [0.15, 0.2) is 89.6 Å². The third-order valence-corrected chi connectivity index (χ3v) is 8.25. The third-order valence-electron chi connectivity index (χ3n) is 8.25. The summed E-state index contributed by atoms with van der Waals surface area (Å²) in [5, 5.41) is 3.23. The Morgan fingerprint density at radius 2 is 1.66 bits per heavy atom. The van der Waals surface area contributed by atoms with Crippen LogP contribution in [0.3, 0.4) is 0 Å². The zero-order valence-electron chi connectivity index (χ0n) is 25.3. The summed E-state index contributed by atoms with van der Waals surface area (Å²) in [5.74, 6) is 1.25. The smallest absolute Gasteiger partial charge is 0.251 e. The highest BCUT2D eigenvalue weighted by Crippen LogP contribution is 2.22. The average molecular weight is 600 g/mol. The second kappa shape index (κ2) is 15.5. The van der Waals surface area contributed by atoms with Crippen molar-refractivity contribution >= 4 is 17.8 Å². The molecular formula is C35H42FN5O3. The summed E-state index contributed by atoms with van der Waals surface area (Å²) in [5.41, 5.74) is 9.31. The fourth-order valence-electron chi connectivity index (χ4n) is 5.66. The number of rotatable bonds is 11. The van der Waals surface area contributed by atoms with E-state index in [1.807, 2.05) is 36.4 Å². The molecule has 3 aromatic carbocycles. The van der Waals surface area contributed by atoms with Crippen LogP contribution >= 0.6 is 0 Å². The van der Waals surface area contributed by atoms with Gasteiger partial charge in [0.2, 0.25) is 0 Å². The van der Waals surface area contributed by atoms with Gasteiger partial charge in [0.05, 0.1) is 12.8 Å². The Bertz CT molecular complexity index is 1410. The van der Waals surface area contributed by atoms with E-state index in [4.69, 9.17) is 15.2 Å². The Morgan fingerprint density at radius 3 is 2.34 bits per heavy atom. The molecule has 0 radical (unpaired) electrons. The number of nitrogens with two attached hydrogens (primary N) is 1. The van der Waals surface area contributed by atoms with Crippen molar-refractivity contribution in [3.63, 3.8) is 0 Å². The van der Waals surface area contributed by atoms with E-state index >= 15 is 0 Å². The van der Waals surface area contributed by atoms with Gasteiger partial charge in [0.1, 0.15) is 23.4 Å². The van der Waals surface area contributed by atoms with Crippen LogP contribution in [0.25, 0.3) is 0 Å². The molecule has 1 amide bonds. The molecule has 2 aliphatic heterocycles. The second-order valence-electron chi connectivity index (χ2n) is 11.5. The highest BCUT2D eigenvalue weighted by atomic mass is 19.1. The van der Waals surface area contributed by atoms with Crippen LogP contribution in [0, 0.1) is 5.82 Å². The van der Waals surface area contributed by atoms with Crippen LogP contribution in [0.2, 0.25) is 0 Å². The SMILES string of the molecule is COc1ccc(CN2CCC(NC(=O)c3cccc(OC4CCN(C/C(C=Nc5ccc(F)cc5)=C/N)CC4)c3)CC2)cc1. The van der Waals surface area contributed by atoms with Gasteiger partial charge in [-0.25, -0.2) is 4.39 Å². The van der Waals surface area contributed by atoms with Gasteiger partial charge in [-0.1, -0.05) is 18.2 Å². The molecule has 2 heterocycles. The molecule has 0 saturated carbocycles.